The van der Waals surface area contributed by atoms with Crippen molar-refractivity contribution in [3.8, 4) is 0 Å². The third-order valence-electron chi connectivity index (χ3n) is 3.11. The maximum absolute atomic E-state index is 11.4. The van der Waals surface area contributed by atoms with Gasteiger partial charge in [0.25, 0.3) is 0 Å². The van der Waals surface area contributed by atoms with Crippen LogP contribution in [0.5, 0.6) is 0 Å². The molecule has 1 fully saturated rings. The number of sulfone groups is 1. The fourth-order valence-corrected chi connectivity index (χ4v) is 4.32. The van der Waals surface area contributed by atoms with E-state index in [2.05, 4.69) is 17.2 Å². The Balaban J connectivity index is 2.03. The summed E-state index contributed by atoms with van der Waals surface area (Å²) in [5.74, 6) is 0.652. The molecule has 1 aliphatic rings. The first-order valence-electron chi connectivity index (χ1n) is 6.86. The molecule has 1 heterocycles. The summed E-state index contributed by atoms with van der Waals surface area (Å²) < 4.78 is 22.7. The second kappa shape index (κ2) is 6.33. The van der Waals surface area contributed by atoms with Crippen LogP contribution in [0.4, 0.5) is 0 Å². The van der Waals surface area contributed by atoms with Crippen LogP contribution in [0.25, 0.3) is 0 Å². The number of unbranched alkanes of at least 4 members (excludes halogenated alkanes) is 1. The van der Waals surface area contributed by atoms with Crippen molar-refractivity contribution in [3.63, 3.8) is 0 Å². The second-order valence-corrected chi connectivity index (χ2v) is 8.60. The minimum Gasteiger partial charge on any atom is -0.312 e. The molecule has 1 aliphatic carbocycles. The van der Waals surface area contributed by atoms with E-state index in [1.807, 2.05) is 0 Å². The van der Waals surface area contributed by atoms with Gasteiger partial charge in [-0.25, -0.2) is 13.4 Å². The molecular formula is C13H22N2O2S2. The van der Waals surface area contributed by atoms with Gasteiger partial charge in [0, 0.05) is 23.6 Å². The summed E-state index contributed by atoms with van der Waals surface area (Å²) >= 11 is 1.56. The van der Waals surface area contributed by atoms with E-state index < -0.39 is 9.84 Å². The van der Waals surface area contributed by atoms with Crippen LogP contribution in [0.2, 0.25) is 0 Å². The molecule has 0 radical (unpaired) electrons. The zero-order valence-corrected chi connectivity index (χ0v) is 13.2. The highest BCUT2D eigenvalue weighted by molar-refractivity contribution is 7.90. The normalized spacial score (nSPS) is 15.9. The van der Waals surface area contributed by atoms with Gasteiger partial charge in [0.1, 0.15) is 10.8 Å². The Bertz CT molecular complexity index is 519. The number of hydrogen-bond donors (Lipinski definition) is 1. The molecule has 0 bridgehead atoms. The van der Waals surface area contributed by atoms with Gasteiger partial charge in [-0.15, -0.1) is 11.3 Å². The minimum absolute atomic E-state index is 0.0757. The number of aromatic nitrogens is 1. The lowest BCUT2D eigenvalue weighted by Gasteiger charge is -2.03. The Hall–Kier alpha value is -0.460. The lowest BCUT2D eigenvalue weighted by atomic mass is 10.2. The first kappa shape index (κ1) is 14.9. The van der Waals surface area contributed by atoms with Gasteiger partial charge in [0.05, 0.1) is 5.69 Å². The molecule has 2 rings (SSSR count). The lowest BCUT2D eigenvalue weighted by molar-refractivity contribution is 0.601. The molecule has 108 valence electrons. The van der Waals surface area contributed by atoms with Gasteiger partial charge in [-0.3, -0.25) is 0 Å². The average molecular weight is 302 g/mol. The van der Waals surface area contributed by atoms with E-state index in [-0.39, 0.29) is 5.75 Å². The lowest BCUT2D eigenvalue weighted by Crippen LogP contribution is -2.14. The van der Waals surface area contributed by atoms with E-state index in [4.69, 9.17) is 0 Å². The van der Waals surface area contributed by atoms with Crippen LogP contribution >= 0.6 is 11.3 Å². The van der Waals surface area contributed by atoms with Crippen molar-refractivity contribution >= 4 is 21.2 Å². The molecule has 19 heavy (non-hydrogen) atoms. The summed E-state index contributed by atoms with van der Waals surface area (Å²) in [6.45, 7) is 4.02. The van der Waals surface area contributed by atoms with Gasteiger partial charge < -0.3 is 5.32 Å². The third-order valence-corrected chi connectivity index (χ3v) is 5.17. The Morgan fingerprint density at radius 3 is 2.74 bits per heavy atom. The maximum Gasteiger partial charge on any atom is 0.153 e. The molecule has 4 nitrogen and oxygen atoms in total. The topological polar surface area (TPSA) is 59.1 Å². The first-order chi connectivity index (χ1) is 8.99. The summed E-state index contributed by atoms with van der Waals surface area (Å²) in [5.41, 5.74) is 1.15. The average Bonchev–Trinajstić information content (AvgIpc) is 3.07. The molecule has 1 aromatic rings. The molecule has 0 atom stereocenters. The quantitative estimate of drug-likeness (QED) is 0.749. The van der Waals surface area contributed by atoms with Crippen molar-refractivity contribution in [3.05, 3.63) is 15.6 Å². The van der Waals surface area contributed by atoms with E-state index in [1.54, 1.807) is 11.3 Å². The highest BCUT2D eigenvalue weighted by atomic mass is 32.2. The van der Waals surface area contributed by atoms with Gasteiger partial charge in [-0.1, -0.05) is 13.3 Å². The Kier molecular flexibility index (Phi) is 4.97. The van der Waals surface area contributed by atoms with Crippen molar-refractivity contribution in [1.29, 1.82) is 0 Å². The third kappa shape index (κ3) is 4.85. The van der Waals surface area contributed by atoms with Gasteiger partial charge in [-0.05, 0) is 25.8 Å². The molecule has 0 amide bonds. The van der Waals surface area contributed by atoms with Crippen molar-refractivity contribution in [1.82, 2.24) is 10.3 Å². The van der Waals surface area contributed by atoms with Crippen LogP contribution in [0.1, 0.15) is 54.1 Å². The summed E-state index contributed by atoms with van der Waals surface area (Å²) in [5, 5.41) is 4.17. The van der Waals surface area contributed by atoms with Crippen molar-refractivity contribution in [2.24, 2.45) is 0 Å². The zero-order chi connectivity index (χ0) is 13.9. The van der Waals surface area contributed by atoms with E-state index in [9.17, 15) is 8.42 Å². The van der Waals surface area contributed by atoms with Gasteiger partial charge in [0.15, 0.2) is 9.84 Å². The Labute approximate surface area is 119 Å². The standard InChI is InChI=1S/C13H22N2O2S2/c1-3-4-7-14-8-11-13(10-5-6-10)15-12(18-11)9-19(2,16)17/h10,14H,3-9H2,1-2H3. The fraction of sp³-hybridized carbons (Fsp3) is 0.769. The van der Waals surface area contributed by atoms with Crippen LogP contribution in [-0.2, 0) is 22.1 Å². The van der Waals surface area contributed by atoms with E-state index in [0.29, 0.717) is 5.92 Å². The molecule has 0 aliphatic heterocycles. The van der Waals surface area contributed by atoms with Crippen molar-refractivity contribution in [2.45, 2.75) is 50.8 Å². The molecule has 0 spiro atoms. The van der Waals surface area contributed by atoms with Crippen LogP contribution in [0.15, 0.2) is 0 Å². The predicted octanol–water partition coefficient (Wildman–Crippen LogP) is 2.45. The minimum atomic E-state index is -2.99. The van der Waals surface area contributed by atoms with Crippen LogP contribution in [0, 0.1) is 0 Å². The first-order valence-corrected chi connectivity index (χ1v) is 9.74. The van der Waals surface area contributed by atoms with E-state index in [1.165, 1.54) is 36.8 Å². The van der Waals surface area contributed by atoms with Gasteiger partial charge in [0.2, 0.25) is 0 Å². The molecule has 0 unspecified atom stereocenters. The predicted molar refractivity (Wildman–Crippen MR) is 79.3 cm³/mol. The molecule has 0 saturated heterocycles. The van der Waals surface area contributed by atoms with E-state index in [0.717, 1.165) is 23.8 Å². The molecule has 0 aromatic carbocycles. The summed E-state index contributed by atoms with van der Waals surface area (Å²) in [7, 11) is -2.99. The fourth-order valence-electron chi connectivity index (χ4n) is 2.01. The number of thiazole rings is 1. The van der Waals surface area contributed by atoms with Crippen LogP contribution < -0.4 is 5.32 Å². The number of nitrogens with one attached hydrogen (secondary N) is 1. The Morgan fingerprint density at radius 2 is 2.16 bits per heavy atom. The number of hydrogen-bond acceptors (Lipinski definition) is 5. The van der Waals surface area contributed by atoms with Gasteiger partial charge in [-0.2, -0.15) is 0 Å². The monoisotopic (exact) mass is 302 g/mol. The molecule has 1 aromatic heterocycles. The summed E-state index contributed by atoms with van der Waals surface area (Å²) in [6, 6.07) is 0. The van der Waals surface area contributed by atoms with Gasteiger partial charge >= 0.3 is 0 Å². The molecule has 1 saturated carbocycles. The highest BCUT2D eigenvalue weighted by Gasteiger charge is 2.29. The molecule has 6 heteroatoms. The number of nitrogens with zero attached hydrogens (tertiary/aromatic N) is 1. The highest BCUT2D eigenvalue weighted by Crippen LogP contribution is 2.42. The number of rotatable bonds is 8. The summed E-state index contributed by atoms with van der Waals surface area (Å²) in [6.07, 6.45) is 6.02. The molecule has 1 N–H and O–H groups in total. The smallest absolute Gasteiger partial charge is 0.153 e. The van der Waals surface area contributed by atoms with Crippen molar-refractivity contribution in [2.75, 3.05) is 12.8 Å². The zero-order valence-electron chi connectivity index (χ0n) is 11.6. The summed E-state index contributed by atoms with van der Waals surface area (Å²) in [4.78, 5) is 5.79. The SMILES string of the molecule is CCCCNCc1sc(CS(C)(=O)=O)nc1C1CC1. The second-order valence-electron chi connectivity index (χ2n) is 5.29. The van der Waals surface area contributed by atoms with Crippen LogP contribution in [-0.4, -0.2) is 26.2 Å². The van der Waals surface area contributed by atoms with Crippen LogP contribution in [0.3, 0.4) is 0 Å². The van der Waals surface area contributed by atoms with Crippen molar-refractivity contribution < 1.29 is 8.42 Å². The largest absolute Gasteiger partial charge is 0.312 e. The Morgan fingerprint density at radius 1 is 1.42 bits per heavy atom. The maximum atomic E-state index is 11.4. The molecular weight excluding hydrogens is 280 g/mol. The van der Waals surface area contributed by atoms with E-state index >= 15 is 0 Å².